The first kappa shape index (κ1) is 17.0. The molecule has 4 aromatic rings. The van der Waals surface area contributed by atoms with E-state index in [1.807, 2.05) is 60.7 Å². The Morgan fingerprint density at radius 2 is 1.63 bits per heavy atom. The van der Waals surface area contributed by atoms with Crippen molar-refractivity contribution >= 4 is 22.7 Å². The minimum atomic E-state index is 0.133. The third-order valence-corrected chi connectivity index (χ3v) is 4.41. The summed E-state index contributed by atoms with van der Waals surface area (Å²) < 4.78 is 0. The lowest BCUT2D eigenvalue weighted by Crippen LogP contribution is -2.11. The molecule has 0 unspecified atom stereocenters. The minimum Gasteiger partial charge on any atom is -0.363 e. The van der Waals surface area contributed by atoms with Gasteiger partial charge in [0.15, 0.2) is 0 Å². The molecule has 0 saturated heterocycles. The molecule has 0 radical (unpaired) electrons. The standard InChI is InChI=1S/C22H21N5/c1-16(17-9-3-2-4-10-17)25-21-19-12-5-6-13-20(19)26-22(27-21)24-15-18-11-7-8-14-23-18/h2-14,16H,15H2,1H3,(H2,24,25,26,27)/t16-/m0/s1. The van der Waals surface area contributed by atoms with Crippen molar-refractivity contribution in [1.82, 2.24) is 15.0 Å². The molecule has 134 valence electrons. The summed E-state index contributed by atoms with van der Waals surface area (Å²) in [5.41, 5.74) is 3.06. The summed E-state index contributed by atoms with van der Waals surface area (Å²) in [4.78, 5) is 13.7. The van der Waals surface area contributed by atoms with Crippen molar-refractivity contribution in [3.63, 3.8) is 0 Å². The highest BCUT2D eigenvalue weighted by atomic mass is 15.1. The van der Waals surface area contributed by atoms with Crippen molar-refractivity contribution in [2.75, 3.05) is 10.6 Å². The van der Waals surface area contributed by atoms with Crippen molar-refractivity contribution < 1.29 is 0 Å². The monoisotopic (exact) mass is 355 g/mol. The van der Waals surface area contributed by atoms with E-state index in [9.17, 15) is 0 Å². The Morgan fingerprint density at radius 3 is 2.44 bits per heavy atom. The first-order valence-electron chi connectivity index (χ1n) is 9.01. The second kappa shape index (κ2) is 7.83. The third kappa shape index (κ3) is 4.03. The number of fused-ring (bicyclic) bond motifs is 1. The summed E-state index contributed by atoms with van der Waals surface area (Å²) in [6.45, 7) is 2.71. The number of rotatable bonds is 6. The Labute approximate surface area is 158 Å². The number of aromatic nitrogens is 3. The molecule has 0 aliphatic heterocycles. The lowest BCUT2D eigenvalue weighted by atomic mass is 10.1. The van der Waals surface area contributed by atoms with Gasteiger partial charge in [-0.1, -0.05) is 48.5 Å². The molecule has 27 heavy (non-hydrogen) atoms. The molecule has 4 rings (SSSR count). The van der Waals surface area contributed by atoms with Crippen molar-refractivity contribution in [1.29, 1.82) is 0 Å². The molecule has 2 heterocycles. The van der Waals surface area contributed by atoms with Crippen LogP contribution in [0.15, 0.2) is 79.0 Å². The number of pyridine rings is 1. The van der Waals surface area contributed by atoms with Crippen LogP contribution in [-0.2, 0) is 6.54 Å². The normalized spacial score (nSPS) is 11.9. The van der Waals surface area contributed by atoms with Crippen LogP contribution in [0.1, 0.15) is 24.2 Å². The molecular formula is C22H21N5. The van der Waals surface area contributed by atoms with Gasteiger partial charge in [-0.2, -0.15) is 4.98 Å². The summed E-state index contributed by atoms with van der Waals surface area (Å²) in [7, 11) is 0. The van der Waals surface area contributed by atoms with Crippen LogP contribution in [0.5, 0.6) is 0 Å². The maximum Gasteiger partial charge on any atom is 0.225 e. The van der Waals surface area contributed by atoms with Crippen molar-refractivity contribution in [2.24, 2.45) is 0 Å². The summed E-state index contributed by atoms with van der Waals surface area (Å²) in [5, 5.41) is 7.82. The van der Waals surface area contributed by atoms with Crippen LogP contribution in [0, 0.1) is 0 Å². The molecule has 0 bridgehead atoms. The molecule has 2 aromatic carbocycles. The van der Waals surface area contributed by atoms with E-state index in [0.717, 1.165) is 22.4 Å². The molecule has 2 aromatic heterocycles. The number of hydrogen-bond acceptors (Lipinski definition) is 5. The van der Waals surface area contributed by atoms with E-state index < -0.39 is 0 Å². The molecule has 0 spiro atoms. The van der Waals surface area contributed by atoms with Crippen LogP contribution in [0.4, 0.5) is 11.8 Å². The zero-order valence-corrected chi connectivity index (χ0v) is 15.1. The predicted octanol–water partition coefficient (Wildman–Crippen LogP) is 4.81. The van der Waals surface area contributed by atoms with Gasteiger partial charge < -0.3 is 10.6 Å². The Bertz CT molecular complexity index is 1020. The molecular weight excluding hydrogens is 334 g/mol. The molecule has 0 saturated carbocycles. The van der Waals surface area contributed by atoms with Gasteiger partial charge in [0.05, 0.1) is 17.8 Å². The first-order valence-corrected chi connectivity index (χ1v) is 9.01. The van der Waals surface area contributed by atoms with Gasteiger partial charge in [0.2, 0.25) is 5.95 Å². The molecule has 1 atom stereocenters. The fraction of sp³-hybridized carbons (Fsp3) is 0.136. The van der Waals surface area contributed by atoms with Crippen molar-refractivity contribution in [2.45, 2.75) is 19.5 Å². The van der Waals surface area contributed by atoms with Gasteiger partial charge in [-0.25, -0.2) is 4.98 Å². The maximum absolute atomic E-state index is 4.72. The summed E-state index contributed by atoms with van der Waals surface area (Å²) >= 11 is 0. The molecule has 0 amide bonds. The van der Waals surface area contributed by atoms with Gasteiger partial charge >= 0.3 is 0 Å². The smallest absolute Gasteiger partial charge is 0.225 e. The molecule has 5 nitrogen and oxygen atoms in total. The van der Waals surface area contributed by atoms with Gasteiger partial charge in [0.1, 0.15) is 5.82 Å². The van der Waals surface area contributed by atoms with Crippen LogP contribution in [-0.4, -0.2) is 15.0 Å². The van der Waals surface area contributed by atoms with E-state index in [-0.39, 0.29) is 6.04 Å². The Hall–Kier alpha value is -3.47. The zero-order chi connectivity index (χ0) is 18.5. The van der Waals surface area contributed by atoms with E-state index in [4.69, 9.17) is 4.98 Å². The second-order valence-corrected chi connectivity index (χ2v) is 6.36. The summed E-state index contributed by atoms with van der Waals surface area (Å²) in [5.74, 6) is 1.41. The largest absolute Gasteiger partial charge is 0.363 e. The van der Waals surface area contributed by atoms with E-state index in [0.29, 0.717) is 12.5 Å². The van der Waals surface area contributed by atoms with E-state index in [2.05, 4.69) is 39.7 Å². The third-order valence-electron chi connectivity index (χ3n) is 4.41. The highest BCUT2D eigenvalue weighted by molar-refractivity contribution is 5.90. The minimum absolute atomic E-state index is 0.133. The van der Waals surface area contributed by atoms with Crippen LogP contribution in [0.3, 0.4) is 0 Å². The van der Waals surface area contributed by atoms with Crippen molar-refractivity contribution in [3.8, 4) is 0 Å². The molecule has 0 aliphatic carbocycles. The molecule has 0 fully saturated rings. The summed E-state index contributed by atoms with van der Waals surface area (Å²) in [6, 6.07) is 24.4. The van der Waals surface area contributed by atoms with Crippen LogP contribution >= 0.6 is 0 Å². The molecule has 5 heteroatoms. The number of nitrogens with one attached hydrogen (secondary N) is 2. The zero-order valence-electron chi connectivity index (χ0n) is 15.1. The lowest BCUT2D eigenvalue weighted by molar-refractivity contribution is 0.875. The second-order valence-electron chi connectivity index (χ2n) is 6.36. The Balaban J connectivity index is 1.62. The van der Waals surface area contributed by atoms with Crippen LogP contribution in [0.25, 0.3) is 10.9 Å². The van der Waals surface area contributed by atoms with Gasteiger partial charge in [-0.05, 0) is 36.8 Å². The fourth-order valence-electron chi connectivity index (χ4n) is 2.97. The lowest BCUT2D eigenvalue weighted by Gasteiger charge is -2.17. The van der Waals surface area contributed by atoms with Crippen molar-refractivity contribution in [3.05, 3.63) is 90.3 Å². The average Bonchev–Trinajstić information content (AvgIpc) is 2.73. The van der Waals surface area contributed by atoms with E-state index in [1.54, 1.807) is 6.20 Å². The Morgan fingerprint density at radius 1 is 0.852 bits per heavy atom. The molecule has 0 aliphatic rings. The highest BCUT2D eigenvalue weighted by Gasteiger charge is 2.11. The predicted molar refractivity (Wildman–Crippen MR) is 110 cm³/mol. The van der Waals surface area contributed by atoms with E-state index in [1.165, 1.54) is 5.56 Å². The number of anilines is 2. The Kier molecular flexibility index (Phi) is 4.92. The fourth-order valence-corrected chi connectivity index (χ4v) is 2.97. The van der Waals surface area contributed by atoms with E-state index >= 15 is 0 Å². The number of hydrogen-bond donors (Lipinski definition) is 2. The molecule has 2 N–H and O–H groups in total. The number of benzene rings is 2. The number of nitrogens with zero attached hydrogens (tertiary/aromatic N) is 3. The average molecular weight is 355 g/mol. The number of para-hydroxylation sites is 1. The first-order chi connectivity index (χ1) is 13.3. The quantitative estimate of drug-likeness (QED) is 0.520. The van der Waals surface area contributed by atoms with Gasteiger partial charge in [0.25, 0.3) is 0 Å². The topological polar surface area (TPSA) is 62.7 Å². The summed E-state index contributed by atoms with van der Waals surface area (Å²) in [6.07, 6.45) is 1.78. The SMILES string of the molecule is C[C@H](Nc1nc(NCc2ccccn2)nc2ccccc12)c1ccccc1. The van der Waals surface area contributed by atoms with Gasteiger partial charge in [0, 0.05) is 17.6 Å². The van der Waals surface area contributed by atoms with Gasteiger partial charge in [-0.3, -0.25) is 4.98 Å². The van der Waals surface area contributed by atoms with Crippen LogP contribution in [0.2, 0.25) is 0 Å². The van der Waals surface area contributed by atoms with Gasteiger partial charge in [-0.15, -0.1) is 0 Å². The maximum atomic E-state index is 4.72. The highest BCUT2D eigenvalue weighted by Crippen LogP contribution is 2.26. The van der Waals surface area contributed by atoms with Crippen LogP contribution < -0.4 is 10.6 Å².